The Labute approximate surface area is 88.7 Å². The molecular weight excluding hydrogens is 226 g/mol. The molecule has 0 fully saturated rings. The molecule has 8 heteroatoms. The average molecular weight is 243 g/mol. The average Bonchev–Trinajstić information content (AvgIpc) is 2.14. The van der Waals surface area contributed by atoms with E-state index in [-0.39, 0.29) is 13.2 Å². The van der Waals surface area contributed by atoms with Gasteiger partial charge in [0, 0.05) is 13.1 Å². The van der Waals surface area contributed by atoms with E-state index in [1.54, 1.807) is 6.92 Å². The molecule has 2 unspecified atom stereocenters. The highest BCUT2D eigenvalue weighted by Gasteiger charge is 2.32. The molecule has 0 heterocycles. The van der Waals surface area contributed by atoms with Crippen molar-refractivity contribution in [2.75, 3.05) is 19.7 Å². The van der Waals surface area contributed by atoms with Gasteiger partial charge in [0.1, 0.15) is 0 Å². The summed E-state index contributed by atoms with van der Waals surface area (Å²) in [4.78, 5) is 1.17. The third kappa shape index (κ3) is 4.87. The normalized spacial score (nSPS) is 16.7. The highest BCUT2D eigenvalue weighted by molar-refractivity contribution is 7.86. The summed E-state index contributed by atoms with van der Waals surface area (Å²) in [6, 6.07) is 0. The van der Waals surface area contributed by atoms with E-state index < -0.39 is 21.8 Å². The van der Waals surface area contributed by atoms with Crippen LogP contribution >= 0.6 is 0 Å². The number of aliphatic hydroxyl groups is 3. The summed E-state index contributed by atoms with van der Waals surface area (Å²) in [5.41, 5.74) is -2.28. The fraction of sp³-hybridized carbons (Fsp3) is 1.00. The zero-order chi connectivity index (χ0) is 12.1. The molecule has 0 aromatic carbocycles. The van der Waals surface area contributed by atoms with Crippen molar-refractivity contribution in [3.63, 3.8) is 0 Å². The molecule has 0 aliphatic heterocycles. The highest BCUT2D eigenvalue weighted by atomic mass is 32.2. The van der Waals surface area contributed by atoms with Crippen LogP contribution in [0.15, 0.2) is 0 Å². The van der Waals surface area contributed by atoms with Gasteiger partial charge in [-0.1, -0.05) is 6.92 Å². The quantitative estimate of drug-likeness (QED) is 0.308. The molecule has 0 saturated heterocycles. The van der Waals surface area contributed by atoms with E-state index in [1.807, 2.05) is 0 Å². The van der Waals surface area contributed by atoms with E-state index in [0.29, 0.717) is 13.0 Å². The second-order valence-corrected chi connectivity index (χ2v) is 4.59. The largest absolute Gasteiger partial charge is 0.395 e. The van der Waals surface area contributed by atoms with E-state index >= 15 is 0 Å². The van der Waals surface area contributed by atoms with Crippen molar-refractivity contribution in [3.8, 4) is 0 Å². The Bertz CT molecular complexity index is 261. The molecule has 0 radical (unpaired) electrons. The van der Waals surface area contributed by atoms with Crippen LogP contribution in [-0.2, 0) is 10.1 Å². The minimum absolute atomic E-state index is 0.0155. The lowest BCUT2D eigenvalue weighted by atomic mass is 10.3. The Morgan fingerprint density at radius 3 is 2.13 bits per heavy atom. The van der Waals surface area contributed by atoms with Gasteiger partial charge in [0.25, 0.3) is 10.1 Å². The summed E-state index contributed by atoms with van der Waals surface area (Å²) < 4.78 is 29.6. The zero-order valence-electron chi connectivity index (χ0n) is 8.44. The standard InChI is InChI=1S/C7H17NO6S/c1-2-3-8(4-5-9)6(10)7(11)15(12,13)14/h6-7,9-11H,2-5H2,1H3,(H,12,13,14). The Morgan fingerprint density at radius 1 is 1.27 bits per heavy atom. The minimum Gasteiger partial charge on any atom is -0.395 e. The van der Waals surface area contributed by atoms with Crippen LogP contribution in [0.4, 0.5) is 0 Å². The number of rotatable bonds is 7. The molecule has 0 aromatic heterocycles. The maximum atomic E-state index is 10.5. The first-order chi connectivity index (χ1) is 6.84. The molecule has 0 aliphatic rings. The van der Waals surface area contributed by atoms with Crippen LogP contribution in [0.1, 0.15) is 13.3 Å². The third-order valence-electron chi connectivity index (χ3n) is 1.83. The van der Waals surface area contributed by atoms with E-state index in [4.69, 9.17) is 14.8 Å². The molecule has 0 bridgehead atoms. The van der Waals surface area contributed by atoms with Gasteiger partial charge in [-0.05, 0) is 6.42 Å². The van der Waals surface area contributed by atoms with Gasteiger partial charge >= 0.3 is 0 Å². The second kappa shape index (κ2) is 6.36. The Morgan fingerprint density at radius 2 is 1.80 bits per heavy atom. The van der Waals surface area contributed by atoms with Crippen molar-refractivity contribution in [2.24, 2.45) is 0 Å². The van der Waals surface area contributed by atoms with E-state index in [1.165, 1.54) is 4.90 Å². The summed E-state index contributed by atoms with van der Waals surface area (Å²) in [6.45, 7) is 1.82. The van der Waals surface area contributed by atoms with Crippen molar-refractivity contribution in [2.45, 2.75) is 25.0 Å². The second-order valence-electron chi connectivity index (χ2n) is 3.08. The lowest BCUT2D eigenvalue weighted by Crippen LogP contribution is -2.48. The van der Waals surface area contributed by atoms with Crippen molar-refractivity contribution in [1.29, 1.82) is 0 Å². The van der Waals surface area contributed by atoms with Gasteiger partial charge in [0.05, 0.1) is 6.61 Å². The van der Waals surface area contributed by atoms with E-state index in [2.05, 4.69) is 0 Å². The molecule has 0 amide bonds. The number of nitrogens with zero attached hydrogens (tertiary/aromatic N) is 1. The fourth-order valence-corrected chi connectivity index (χ4v) is 1.61. The maximum absolute atomic E-state index is 10.5. The topological polar surface area (TPSA) is 118 Å². The van der Waals surface area contributed by atoms with Crippen molar-refractivity contribution < 1.29 is 28.3 Å². The van der Waals surface area contributed by atoms with Gasteiger partial charge in [-0.25, -0.2) is 0 Å². The Balaban J connectivity index is 4.54. The SMILES string of the molecule is CCCN(CCO)C(O)C(O)S(=O)(=O)O. The van der Waals surface area contributed by atoms with Gasteiger partial charge in [0.15, 0.2) is 6.23 Å². The first kappa shape index (κ1) is 14.8. The van der Waals surface area contributed by atoms with Crippen LogP contribution in [0.2, 0.25) is 0 Å². The van der Waals surface area contributed by atoms with Crippen molar-refractivity contribution >= 4 is 10.1 Å². The molecule has 15 heavy (non-hydrogen) atoms. The van der Waals surface area contributed by atoms with Crippen molar-refractivity contribution in [3.05, 3.63) is 0 Å². The summed E-state index contributed by atoms with van der Waals surface area (Å²) >= 11 is 0. The molecule has 0 saturated carbocycles. The van der Waals surface area contributed by atoms with Crippen molar-refractivity contribution in [1.82, 2.24) is 4.90 Å². The van der Waals surface area contributed by atoms with Crippen LogP contribution in [0.3, 0.4) is 0 Å². The molecular formula is C7H17NO6S. The lowest BCUT2D eigenvalue weighted by molar-refractivity contribution is -0.0593. The monoisotopic (exact) mass is 243 g/mol. The highest BCUT2D eigenvalue weighted by Crippen LogP contribution is 2.07. The van der Waals surface area contributed by atoms with Gasteiger partial charge in [-0.3, -0.25) is 9.45 Å². The van der Waals surface area contributed by atoms with Crippen LogP contribution in [0.5, 0.6) is 0 Å². The molecule has 2 atom stereocenters. The predicted molar refractivity (Wildman–Crippen MR) is 52.5 cm³/mol. The third-order valence-corrected chi connectivity index (χ3v) is 2.69. The van der Waals surface area contributed by atoms with Gasteiger partial charge in [-0.2, -0.15) is 8.42 Å². The summed E-state index contributed by atoms with van der Waals surface area (Å²) in [5, 5.41) is 27.1. The molecule has 0 rings (SSSR count). The maximum Gasteiger partial charge on any atom is 0.296 e. The molecule has 4 N–H and O–H groups in total. The first-order valence-corrected chi connectivity index (χ1v) is 6.02. The van der Waals surface area contributed by atoms with Crippen LogP contribution in [0.25, 0.3) is 0 Å². The number of hydrogen-bond donors (Lipinski definition) is 4. The smallest absolute Gasteiger partial charge is 0.296 e. The van der Waals surface area contributed by atoms with Gasteiger partial charge < -0.3 is 15.3 Å². The number of aliphatic hydroxyl groups excluding tert-OH is 3. The molecule has 0 aromatic rings. The Kier molecular flexibility index (Phi) is 6.25. The van der Waals surface area contributed by atoms with Gasteiger partial charge in [0.2, 0.25) is 5.44 Å². The number of hydrogen-bond acceptors (Lipinski definition) is 6. The van der Waals surface area contributed by atoms with E-state index in [9.17, 15) is 13.5 Å². The van der Waals surface area contributed by atoms with Crippen LogP contribution in [-0.4, -0.2) is 64.6 Å². The molecule has 0 spiro atoms. The van der Waals surface area contributed by atoms with Crippen LogP contribution < -0.4 is 0 Å². The molecule has 92 valence electrons. The summed E-state index contributed by atoms with van der Waals surface area (Å²) in [7, 11) is -4.70. The van der Waals surface area contributed by atoms with E-state index in [0.717, 1.165) is 0 Å². The van der Waals surface area contributed by atoms with Crippen LogP contribution in [0, 0.1) is 0 Å². The Hall–Kier alpha value is -0.250. The lowest BCUT2D eigenvalue weighted by Gasteiger charge is -2.28. The summed E-state index contributed by atoms with van der Waals surface area (Å²) in [6.07, 6.45) is -1.14. The molecule has 7 nitrogen and oxygen atoms in total. The fourth-order valence-electron chi connectivity index (χ4n) is 1.13. The summed E-state index contributed by atoms with van der Waals surface area (Å²) in [5.74, 6) is 0. The van der Waals surface area contributed by atoms with Gasteiger partial charge in [-0.15, -0.1) is 0 Å². The molecule has 0 aliphatic carbocycles. The zero-order valence-corrected chi connectivity index (χ0v) is 9.26. The minimum atomic E-state index is -4.70. The first-order valence-electron chi connectivity index (χ1n) is 4.52. The predicted octanol–water partition coefficient (Wildman–Crippen LogP) is -1.78.